The van der Waals surface area contributed by atoms with E-state index in [-0.39, 0.29) is 12.8 Å². The van der Waals surface area contributed by atoms with Gasteiger partial charge in [-0.25, -0.2) is 0 Å². The SMILES string of the molecule is C=C(C)c1ccc2cccc(C3(OC(C)C(O)(C(F)(F)F)C(F)(F)F)CCCC3)c2c1. The van der Waals surface area contributed by atoms with Crippen LogP contribution in [0.3, 0.4) is 0 Å². The summed E-state index contributed by atoms with van der Waals surface area (Å²) in [5, 5.41) is 11.3. The molecule has 8 heteroatoms. The lowest BCUT2D eigenvalue weighted by Crippen LogP contribution is -2.65. The lowest BCUT2D eigenvalue weighted by atomic mass is 9.85. The zero-order chi connectivity index (χ0) is 23.2. The van der Waals surface area contributed by atoms with E-state index in [9.17, 15) is 31.4 Å². The van der Waals surface area contributed by atoms with Crippen molar-refractivity contribution in [2.75, 3.05) is 0 Å². The largest absolute Gasteiger partial charge is 0.428 e. The third-order valence-corrected chi connectivity index (χ3v) is 6.13. The van der Waals surface area contributed by atoms with E-state index in [0.717, 1.165) is 16.5 Å². The number of halogens is 6. The second-order valence-electron chi connectivity index (χ2n) is 8.25. The minimum absolute atomic E-state index is 0.250. The first-order valence-corrected chi connectivity index (χ1v) is 9.96. The van der Waals surface area contributed by atoms with Gasteiger partial charge in [-0.05, 0) is 54.7 Å². The molecule has 0 saturated heterocycles. The minimum atomic E-state index is -5.95. The second-order valence-corrected chi connectivity index (χ2v) is 8.25. The van der Waals surface area contributed by atoms with E-state index in [2.05, 4.69) is 6.58 Å². The number of hydrogen-bond donors (Lipinski definition) is 1. The van der Waals surface area contributed by atoms with Crippen LogP contribution in [0.2, 0.25) is 0 Å². The van der Waals surface area contributed by atoms with E-state index in [1.54, 1.807) is 19.1 Å². The van der Waals surface area contributed by atoms with Crippen molar-refractivity contribution in [2.45, 2.75) is 69.2 Å². The van der Waals surface area contributed by atoms with Crippen LogP contribution in [0.25, 0.3) is 16.3 Å². The predicted octanol–water partition coefficient (Wildman–Crippen LogP) is 6.90. The van der Waals surface area contributed by atoms with Crippen LogP contribution in [-0.4, -0.2) is 29.2 Å². The lowest BCUT2D eigenvalue weighted by Gasteiger charge is -2.42. The fourth-order valence-corrected chi connectivity index (χ4v) is 4.38. The fraction of sp³-hybridized carbons (Fsp3) is 0.478. The second kappa shape index (κ2) is 7.81. The van der Waals surface area contributed by atoms with Gasteiger partial charge in [0.1, 0.15) is 6.10 Å². The topological polar surface area (TPSA) is 29.5 Å². The number of fused-ring (bicyclic) bond motifs is 1. The average Bonchev–Trinajstić information content (AvgIpc) is 3.13. The molecule has 1 N–H and O–H groups in total. The third kappa shape index (κ3) is 3.96. The number of allylic oxidation sites excluding steroid dienone is 1. The van der Waals surface area contributed by atoms with Gasteiger partial charge in [0.15, 0.2) is 0 Å². The summed E-state index contributed by atoms with van der Waals surface area (Å²) in [6.45, 7) is 6.33. The molecule has 0 amide bonds. The molecule has 2 aromatic rings. The summed E-state index contributed by atoms with van der Waals surface area (Å²) < 4.78 is 85.9. The van der Waals surface area contributed by atoms with Crippen LogP contribution >= 0.6 is 0 Å². The Morgan fingerprint density at radius 2 is 1.61 bits per heavy atom. The molecule has 3 rings (SSSR count). The standard InChI is InChI=1S/C23H24F6O2/c1-14(2)17-10-9-16-7-6-8-19(18(16)13-17)20(11-4-5-12-20)31-15(3)21(30,22(24,25)26)23(27,28)29/h6-10,13,15,30H,1,4-5,11-12H2,2-3H3. The molecule has 1 aliphatic rings. The monoisotopic (exact) mass is 446 g/mol. The first-order valence-electron chi connectivity index (χ1n) is 9.96. The smallest absolute Gasteiger partial charge is 0.372 e. The van der Waals surface area contributed by atoms with Gasteiger partial charge in [0.05, 0.1) is 5.60 Å². The maximum Gasteiger partial charge on any atom is 0.428 e. The number of alkyl halides is 6. The van der Waals surface area contributed by atoms with E-state index in [0.29, 0.717) is 30.7 Å². The van der Waals surface area contributed by atoms with Crippen LogP contribution in [0.1, 0.15) is 50.7 Å². The molecule has 1 aliphatic carbocycles. The highest BCUT2D eigenvalue weighted by molar-refractivity contribution is 5.89. The molecule has 31 heavy (non-hydrogen) atoms. The minimum Gasteiger partial charge on any atom is -0.372 e. The van der Waals surface area contributed by atoms with Crippen LogP contribution in [-0.2, 0) is 10.3 Å². The highest BCUT2D eigenvalue weighted by atomic mass is 19.4. The van der Waals surface area contributed by atoms with Gasteiger partial charge >= 0.3 is 12.4 Å². The Morgan fingerprint density at radius 3 is 2.13 bits per heavy atom. The highest BCUT2D eigenvalue weighted by Gasteiger charge is 2.74. The first kappa shape index (κ1) is 23.6. The van der Waals surface area contributed by atoms with Crippen LogP contribution < -0.4 is 0 Å². The molecule has 1 saturated carbocycles. The van der Waals surface area contributed by atoms with E-state index in [1.165, 1.54) is 0 Å². The van der Waals surface area contributed by atoms with Gasteiger partial charge in [-0.1, -0.05) is 55.3 Å². The lowest BCUT2D eigenvalue weighted by molar-refractivity contribution is -0.399. The zero-order valence-electron chi connectivity index (χ0n) is 17.2. The van der Waals surface area contributed by atoms with Gasteiger partial charge in [-0.15, -0.1) is 0 Å². The number of aliphatic hydroxyl groups is 1. The summed E-state index contributed by atoms with van der Waals surface area (Å²) in [5.41, 5.74) is -4.26. The summed E-state index contributed by atoms with van der Waals surface area (Å²) >= 11 is 0. The van der Waals surface area contributed by atoms with E-state index in [1.807, 2.05) is 24.3 Å². The summed E-state index contributed by atoms with van der Waals surface area (Å²) in [5.74, 6) is 0. The Kier molecular flexibility index (Phi) is 5.95. The Morgan fingerprint density at radius 1 is 1.03 bits per heavy atom. The Hall–Kier alpha value is -2.06. The number of benzene rings is 2. The molecule has 2 nitrogen and oxygen atoms in total. The quantitative estimate of drug-likeness (QED) is 0.506. The maximum absolute atomic E-state index is 13.4. The summed E-state index contributed by atoms with van der Waals surface area (Å²) in [4.78, 5) is 0. The van der Waals surface area contributed by atoms with Crippen molar-refractivity contribution in [1.29, 1.82) is 0 Å². The van der Waals surface area contributed by atoms with E-state index < -0.39 is 29.7 Å². The predicted molar refractivity (Wildman–Crippen MR) is 106 cm³/mol. The number of hydrogen-bond acceptors (Lipinski definition) is 2. The van der Waals surface area contributed by atoms with Gasteiger partial charge in [0, 0.05) is 0 Å². The molecule has 0 heterocycles. The Balaban J connectivity index is 2.14. The summed E-state index contributed by atoms with van der Waals surface area (Å²) in [6.07, 6.45) is -12.8. The Bertz CT molecular complexity index is 956. The molecule has 0 bridgehead atoms. The zero-order valence-corrected chi connectivity index (χ0v) is 17.2. The van der Waals surface area contributed by atoms with Crippen molar-refractivity contribution in [2.24, 2.45) is 0 Å². The normalized spacial score (nSPS) is 18.4. The molecule has 0 radical (unpaired) electrons. The van der Waals surface area contributed by atoms with Crippen molar-refractivity contribution < 1.29 is 36.2 Å². The van der Waals surface area contributed by atoms with Crippen molar-refractivity contribution in [3.63, 3.8) is 0 Å². The molecule has 1 fully saturated rings. The molecular weight excluding hydrogens is 422 g/mol. The first-order chi connectivity index (χ1) is 14.2. The maximum atomic E-state index is 13.4. The van der Waals surface area contributed by atoms with Crippen molar-refractivity contribution in [3.05, 3.63) is 54.1 Å². The molecule has 0 aromatic heterocycles. The van der Waals surface area contributed by atoms with Gasteiger partial charge in [0.2, 0.25) is 0 Å². The van der Waals surface area contributed by atoms with Crippen molar-refractivity contribution in [1.82, 2.24) is 0 Å². The van der Waals surface area contributed by atoms with Gasteiger partial charge < -0.3 is 9.84 Å². The van der Waals surface area contributed by atoms with Gasteiger partial charge in [0.25, 0.3) is 5.60 Å². The average molecular weight is 446 g/mol. The van der Waals surface area contributed by atoms with Gasteiger partial charge in [-0.3, -0.25) is 0 Å². The Labute approximate surface area is 176 Å². The van der Waals surface area contributed by atoms with Crippen LogP contribution in [0.4, 0.5) is 26.3 Å². The van der Waals surface area contributed by atoms with Crippen LogP contribution in [0, 0.1) is 0 Å². The third-order valence-electron chi connectivity index (χ3n) is 6.13. The van der Waals surface area contributed by atoms with Crippen molar-refractivity contribution >= 4 is 16.3 Å². The van der Waals surface area contributed by atoms with Crippen molar-refractivity contribution in [3.8, 4) is 0 Å². The molecular formula is C23H24F6O2. The molecule has 1 unspecified atom stereocenters. The van der Waals surface area contributed by atoms with Crippen LogP contribution in [0.15, 0.2) is 43.0 Å². The molecule has 0 spiro atoms. The highest BCUT2D eigenvalue weighted by Crippen LogP contribution is 2.51. The van der Waals surface area contributed by atoms with E-state index in [4.69, 9.17) is 4.74 Å². The molecule has 2 aromatic carbocycles. The van der Waals surface area contributed by atoms with Crippen LogP contribution in [0.5, 0.6) is 0 Å². The molecule has 0 aliphatic heterocycles. The number of ether oxygens (including phenoxy) is 1. The number of rotatable bonds is 5. The molecule has 170 valence electrons. The summed E-state index contributed by atoms with van der Waals surface area (Å²) in [7, 11) is 0. The fourth-order valence-electron chi connectivity index (χ4n) is 4.38. The molecule has 1 atom stereocenters. The summed E-state index contributed by atoms with van der Waals surface area (Å²) in [6, 6.07) is 10.7. The van der Waals surface area contributed by atoms with E-state index >= 15 is 0 Å². The van der Waals surface area contributed by atoms with Gasteiger partial charge in [-0.2, -0.15) is 26.3 Å².